The Morgan fingerprint density at radius 2 is 1.76 bits per heavy atom. The van der Waals surface area contributed by atoms with Gasteiger partial charge in [0.1, 0.15) is 5.75 Å². The van der Waals surface area contributed by atoms with Gasteiger partial charge in [-0.05, 0) is 48.9 Å². The number of aromatic hydroxyl groups is 1. The maximum absolute atomic E-state index is 9.24. The van der Waals surface area contributed by atoms with E-state index in [2.05, 4.69) is 10.3 Å². The zero-order valence-electron chi connectivity index (χ0n) is 9.80. The van der Waals surface area contributed by atoms with E-state index in [-0.39, 0.29) is 6.04 Å². The van der Waals surface area contributed by atoms with Crippen LogP contribution in [0.15, 0.2) is 48.8 Å². The quantitative estimate of drug-likeness (QED) is 0.844. The summed E-state index contributed by atoms with van der Waals surface area (Å²) in [5, 5.41) is 12.5. The highest BCUT2D eigenvalue weighted by Gasteiger charge is 2.09. The first-order chi connectivity index (χ1) is 8.29. The Hall–Kier alpha value is -1.87. The van der Waals surface area contributed by atoms with Gasteiger partial charge in [-0.15, -0.1) is 0 Å². The lowest BCUT2D eigenvalue weighted by molar-refractivity contribution is 0.475. The first-order valence-electron chi connectivity index (χ1n) is 5.64. The van der Waals surface area contributed by atoms with E-state index >= 15 is 0 Å². The van der Waals surface area contributed by atoms with Crippen LogP contribution in [0.2, 0.25) is 0 Å². The molecule has 0 saturated carbocycles. The van der Waals surface area contributed by atoms with E-state index in [1.54, 1.807) is 24.5 Å². The number of pyridine rings is 1. The molecule has 17 heavy (non-hydrogen) atoms. The largest absolute Gasteiger partial charge is 0.508 e. The van der Waals surface area contributed by atoms with Crippen LogP contribution in [-0.2, 0) is 6.42 Å². The van der Waals surface area contributed by atoms with Crippen molar-refractivity contribution in [2.75, 3.05) is 7.05 Å². The highest BCUT2D eigenvalue weighted by Crippen LogP contribution is 2.19. The van der Waals surface area contributed by atoms with E-state index < -0.39 is 0 Å². The molecule has 0 aliphatic carbocycles. The van der Waals surface area contributed by atoms with Gasteiger partial charge in [-0.2, -0.15) is 0 Å². The normalized spacial score (nSPS) is 12.3. The van der Waals surface area contributed by atoms with Crippen molar-refractivity contribution >= 4 is 0 Å². The summed E-state index contributed by atoms with van der Waals surface area (Å²) in [5.74, 6) is 0.304. The van der Waals surface area contributed by atoms with Gasteiger partial charge in [0, 0.05) is 18.4 Å². The number of phenolic OH excluding ortho intramolecular Hbond substituents is 1. The zero-order valence-corrected chi connectivity index (χ0v) is 9.80. The Morgan fingerprint density at radius 1 is 1.12 bits per heavy atom. The van der Waals surface area contributed by atoms with Gasteiger partial charge in [0.2, 0.25) is 0 Å². The summed E-state index contributed by atoms with van der Waals surface area (Å²) >= 11 is 0. The number of hydrogen-bond acceptors (Lipinski definition) is 3. The molecule has 0 aliphatic rings. The van der Waals surface area contributed by atoms with Crippen molar-refractivity contribution < 1.29 is 5.11 Å². The number of hydrogen-bond donors (Lipinski definition) is 2. The van der Waals surface area contributed by atoms with Gasteiger partial charge in [0.25, 0.3) is 0 Å². The molecule has 0 saturated heterocycles. The van der Waals surface area contributed by atoms with Crippen LogP contribution in [0.3, 0.4) is 0 Å². The van der Waals surface area contributed by atoms with Gasteiger partial charge in [-0.25, -0.2) is 0 Å². The molecule has 1 aromatic heterocycles. The second-order valence-electron chi connectivity index (χ2n) is 3.99. The van der Waals surface area contributed by atoms with E-state index in [1.807, 2.05) is 31.3 Å². The third kappa shape index (κ3) is 3.04. The monoisotopic (exact) mass is 228 g/mol. The molecular weight excluding hydrogens is 212 g/mol. The molecule has 1 unspecified atom stereocenters. The fourth-order valence-electron chi connectivity index (χ4n) is 1.85. The van der Waals surface area contributed by atoms with Crippen molar-refractivity contribution in [1.29, 1.82) is 0 Å². The van der Waals surface area contributed by atoms with E-state index in [1.165, 1.54) is 11.1 Å². The van der Waals surface area contributed by atoms with Crippen LogP contribution in [0.1, 0.15) is 17.2 Å². The molecule has 0 spiro atoms. The molecule has 1 heterocycles. The molecule has 0 aliphatic heterocycles. The molecule has 0 amide bonds. The molecule has 0 fully saturated rings. The Morgan fingerprint density at radius 3 is 2.35 bits per heavy atom. The second-order valence-corrected chi connectivity index (χ2v) is 3.99. The number of likely N-dealkylation sites (N-methyl/N-ethyl adjacent to an activating group) is 1. The van der Waals surface area contributed by atoms with Crippen LogP contribution >= 0.6 is 0 Å². The van der Waals surface area contributed by atoms with Crippen molar-refractivity contribution in [3.63, 3.8) is 0 Å². The molecule has 2 rings (SSSR count). The van der Waals surface area contributed by atoms with Gasteiger partial charge in [0.15, 0.2) is 0 Å². The van der Waals surface area contributed by atoms with Crippen molar-refractivity contribution in [3.05, 3.63) is 59.9 Å². The Kier molecular flexibility index (Phi) is 3.73. The highest BCUT2D eigenvalue weighted by atomic mass is 16.3. The molecule has 2 aromatic rings. The van der Waals surface area contributed by atoms with Crippen LogP contribution < -0.4 is 5.32 Å². The van der Waals surface area contributed by atoms with Gasteiger partial charge in [0.05, 0.1) is 0 Å². The van der Waals surface area contributed by atoms with Gasteiger partial charge < -0.3 is 10.4 Å². The molecular formula is C14H16N2O. The Bertz CT molecular complexity index is 453. The maximum atomic E-state index is 9.24. The number of nitrogens with zero attached hydrogens (tertiary/aromatic N) is 1. The standard InChI is InChI=1S/C14H16N2O/c1-15-14(12-6-8-16-9-7-12)10-11-2-4-13(17)5-3-11/h2-9,14-15,17H,10H2,1H3. The predicted octanol–water partition coefficient (Wildman–Crippen LogP) is 2.29. The van der Waals surface area contributed by atoms with Gasteiger partial charge in [-0.1, -0.05) is 12.1 Å². The lowest BCUT2D eigenvalue weighted by atomic mass is 10.00. The lowest BCUT2D eigenvalue weighted by Gasteiger charge is -2.16. The van der Waals surface area contributed by atoms with Crippen molar-refractivity contribution in [1.82, 2.24) is 10.3 Å². The van der Waals surface area contributed by atoms with Crippen molar-refractivity contribution in [2.45, 2.75) is 12.5 Å². The third-order valence-electron chi connectivity index (χ3n) is 2.83. The summed E-state index contributed by atoms with van der Waals surface area (Å²) in [6, 6.07) is 11.6. The minimum atomic E-state index is 0.266. The van der Waals surface area contributed by atoms with E-state index in [4.69, 9.17) is 0 Å². The second kappa shape index (κ2) is 5.46. The van der Waals surface area contributed by atoms with Crippen LogP contribution in [0.4, 0.5) is 0 Å². The zero-order chi connectivity index (χ0) is 12.1. The smallest absolute Gasteiger partial charge is 0.115 e. The summed E-state index contributed by atoms with van der Waals surface area (Å²) in [6.45, 7) is 0. The van der Waals surface area contributed by atoms with Crippen LogP contribution in [0, 0.1) is 0 Å². The fourth-order valence-corrected chi connectivity index (χ4v) is 1.85. The number of aromatic nitrogens is 1. The molecule has 3 nitrogen and oxygen atoms in total. The van der Waals surface area contributed by atoms with E-state index in [0.29, 0.717) is 5.75 Å². The van der Waals surface area contributed by atoms with Crippen LogP contribution in [0.5, 0.6) is 5.75 Å². The summed E-state index contributed by atoms with van der Waals surface area (Å²) in [5.41, 5.74) is 2.41. The number of nitrogens with one attached hydrogen (secondary N) is 1. The topological polar surface area (TPSA) is 45.1 Å². The van der Waals surface area contributed by atoms with Gasteiger partial charge in [-0.3, -0.25) is 4.98 Å². The van der Waals surface area contributed by atoms with E-state index in [0.717, 1.165) is 6.42 Å². The molecule has 0 bridgehead atoms. The molecule has 1 atom stereocenters. The summed E-state index contributed by atoms with van der Waals surface area (Å²) < 4.78 is 0. The minimum absolute atomic E-state index is 0.266. The lowest BCUT2D eigenvalue weighted by Crippen LogP contribution is -2.18. The Labute approximate surface area is 101 Å². The van der Waals surface area contributed by atoms with Crippen LogP contribution in [-0.4, -0.2) is 17.1 Å². The average Bonchev–Trinajstić information content (AvgIpc) is 2.39. The summed E-state index contributed by atoms with van der Waals surface area (Å²) in [4.78, 5) is 4.02. The molecule has 1 aromatic carbocycles. The molecule has 0 radical (unpaired) electrons. The van der Waals surface area contributed by atoms with Crippen molar-refractivity contribution in [2.24, 2.45) is 0 Å². The Balaban J connectivity index is 2.13. The van der Waals surface area contributed by atoms with E-state index in [9.17, 15) is 5.11 Å². The number of benzene rings is 1. The summed E-state index contributed by atoms with van der Waals surface area (Å²) in [7, 11) is 1.95. The fraction of sp³-hybridized carbons (Fsp3) is 0.214. The SMILES string of the molecule is CNC(Cc1ccc(O)cc1)c1ccncc1. The third-order valence-corrected chi connectivity index (χ3v) is 2.83. The highest BCUT2D eigenvalue weighted by molar-refractivity contribution is 5.28. The number of rotatable bonds is 4. The first kappa shape index (κ1) is 11.6. The average molecular weight is 228 g/mol. The maximum Gasteiger partial charge on any atom is 0.115 e. The number of phenols is 1. The van der Waals surface area contributed by atoms with Crippen molar-refractivity contribution in [3.8, 4) is 5.75 Å². The van der Waals surface area contributed by atoms with Gasteiger partial charge >= 0.3 is 0 Å². The molecule has 3 heteroatoms. The minimum Gasteiger partial charge on any atom is -0.508 e. The molecule has 88 valence electrons. The molecule has 2 N–H and O–H groups in total. The first-order valence-corrected chi connectivity index (χ1v) is 5.64. The summed E-state index contributed by atoms with van der Waals surface area (Å²) in [6.07, 6.45) is 4.49. The predicted molar refractivity (Wildman–Crippen MR) is 67.8 cm³/mol. The van der Waals surface area contributed by atoms with Crippen LogP contribution in [0.25, 0.3) is 0 Å².